The second kappa shape index (κ2) is 14.9. The predicted molar refractivity (Wildman–Crippen MR) is 74.2 cm³/mol. The number of phenolic OH excluding ortho intramolecular Hbond substituents is 1. The Balaban J connectivity index is -0.000000230. The fraction of sp³-hybridized carbons (Fsp3) is 0.385. The molecule has 0 fully saturated rings. The van der Waals surface area contributed by atoms with Crippen LogP contribution < -0.4 is 10.2 Å². The summed E-state index contributed by atoms with van der Waals surface area (Å²) in [5, 5.41) is 27.9. The molecule has 0 saturated carbocycles. The normalized spacial score (nSPS) is 8.00. The number of hydrogen-bond acceptors (Lipinski definition) is 5. The molecule has 0 amide bonds. The zero-order valence-electron chi connectivity index (χ0n) is 11.8. The van der Waals surface area contributed by atoms with E-state index in [0.29, 0.717) is 5.02 Å². The monoisotopic (exact) mass is 328 g/mol. The first-order valence-electron chi connectivity index (χ1n) is 5.59. The maximum Gasteiger partial charge on any atom is 2.00 e. The van der Waals surface area contributed by atoms with Gasteiger partial charge in [0.15, 0.2) is 0 Å². The smallest absolute Gasteiger partial charge is 0.550 e. The van der Waals surface area contributed by atoms with Crippen molar-refractivity contribution in [2.75, 3.05) is 0 Å². The molecule has 7 heteroatoms. The minimum Gasteiger partial charge on any atom is -0.550 e. The van der Waals surface area contributed by atoms with Crippen molar-refractivity contribution in [2.45, 2.75) is 33.6 Å². The van der Waals surface area contributed by atoms with Crippen molar-refractivity contribution in [3.63, 3.8) is 0 Å². The SMILES string of the molecule is CCC(=O)[O-].CCC(=O)[O-].Cc1cccc(O)c1Cl.[Ca+2]. The average molecular weight is 329 g/mol. The van der Waals surface area contributed by atoms with Gasteiger partial charge in [0.2, 0.25) is 0 Å². The van der Waals surface area contributed by atoms with Gasteiger partial charge >= 0.3 is 37.7 Å². The zero-order valence-corrected chi connectivity index (χ0v) is 14.8. The minimum atomic E-state index is -0.995. The molecule has 0 saturated heterocycles. The van der Waals surface area contributed by atoms with Gasteiger partial charge in [-0.2, -0.15) is 0 Å². The molecule has 0 spiro atoms. The van der Waals surface area contributed by atoms with Crippen LogP contribution in [-0.4, -0.2) is 54.8 Å². The van der Waals surface area contributed by atoms with Gasteiger partial charge in [0.05, 0.1) is 5.02 Å². The summed E-state index contributed by atoms with van der Waals surface area (Å²) < 4.78 is 0. The van der Waals surface area contributed by atoms with Gasteiger partial charge in [-0.3, -0.25) is 0 Å². The number of carboxylic acid groups (broad SMARTS) is 2. The van der Waals surface area contributed by atoms with E-state index in [9.17, 15) is 19.8 Å². The summed E-state index contributed by atoms with van der Waals surface area (Å²) in [4.78, 5) is 18.5. The number of carboxylic acids is 2. The molecule has 0 aromatic heterocycles. The first-order valence-corrected chi connectivity index (χ1v) is 5.97. The molecule has 1 N–H and O–H groups in total. The van der Waals surface area contributed by atoms with Crippen LogP contribution in [0.3, 0.4) is 0 Å². The van der Waals surface area contributed by atoms with Crippen molar-refractivity contribution in [3.05, 3.63) is 28.8 Å². The van der Waals surface area contributed by atoms with E-state index < -0.39 is 11.9 Å². The fourth-order valence-corrected chi connectivity index (χ4v) is 0.758. The number of aliphatic carboxylic acids is 2. The number of aryl methyl sites for hydroxylation is 1. The summed E-state index contributed by atoms with van der Waals surface area (Å²) in [7, 11) is 0. The van der Waals surface area contributed by atoms with Crippen LogP contribution in [-0.2, 0) is 9.59 Å². The van der Waals surface area contributed by atoms with Crippen LogP contribution in [0.15, 0.2) is 18.2 Å². The minimum absolute atomic E-state index is 0. The van der Waals surface area contributed by atoms with E-state index in [1.165, 1.54) is 13.8 Å². The van der Waals surface area contributed by atoms with Crippen LogP contribution in [0.1, 0.15) is 32.3 Å². The summed E-state index contributed by atoms with van der Waals surface area (Å²) >= 11 is 5.63. The van der Waals surface area contributed by atoms with Crippen molar-refractivity contribution in [1.82, 2.24) is 0 Å². The summed E-state index contributed by atoms with van der Waals surface area (Å²) in [6.07, 6.45) is 0.222. The number of phenols is 1. The van der Waals surface area contributed by atoms with Gasteiger partial charge in [0, 0.05) is 11.9 Å². The number of carbonyl (C=O) groups excluding carboxylic acids is 2. The number of carbonyl (C=O) groups is 2. The predicted octanol–water partition coefficient (Wildman–Crippen LogP) is 0.266. The standard InChI is InChI=1S/C7H7ClO.2C3H6O2.Ca/c1-5-3-2-4-6(9)7(5)8;2*1-2-3(4)5;/h2-4,9H,1H3;2*2H2,1H3,(H,4,5);/q;;;+2/p-2. The topological polar surface area (TPSA) is 100 Å². The quantitative estimate of drug-likeness (QED) is 0.785. The van der Waals surface area contributed by atoms with Crippen LogP contribution in [0.4, 0.5) is 0 Å². The van der Waals surface area contributed by atoms with Crippen molar-refractivity contribution in [1.29, 1.82) is 0 Å². The first kappa shape index (κ1) is 24.5. The third-order valence-corrected chi connectivity index (χ3v) is 2.24. The van der Waals surface area contributed by atoms with Gasteiger partial charge in [0.25, 0.3) is 0 Å². The summed E-state index contributed by atoms with van der Waals surface area (Å²) in [6, 6.07) is 5.17. The molecule has 0 aliphatic rings. The van der Waals surface area contributed by atoms with E-state index in [2.05, 4.69) is 0 Å². The van der Waals surface area contributed by atoms with Crippen LogP contribution in [0.5, 0.6) is 5.75 Å². The van der Waals surface area contributed by atoms with Gasteiger partial charge in [0.1, 0.15) is 5.75 Å². The Morgan fingerprint density at radius 2 is 1.50 bits per heavy atom. The van der Waals surface area contributed by atoms with Gasteiger partial charge in [-0.25, -0.2) is 0 Å². The molecule has 108 valence electrons. The molecular formula is C13H17CaClO5. The largest absolute Gasteiger partial charge is 2.00 e. The van der Waals surface area contributed by atoms with E-state index >= 15 is 0 Å². The zero-order chi connectivity index (χ0) is 15.4. The molecule has 1 rings (SSSR count). The Morgan fingerprint density at radius 1 is 1.15 bits per heavy atom. The molecule has 0 aliphatic heterocycles. The summed E-state index contributed by atoms with van der Waals surface area (Å²) in [5.41, 5.74) is 0.900. The third-order valence-electron chi connectivity index (χ3n) is 1.75. The Bertz CT molecular complexity index is 375. The van der Waals surface area contributed by atoms with Crippen molar-refractivity contribution in [2.24, 2.45) is 0 Å². The molecule has 5 nitrogen and oxygen atoms in total. The van der Waals surface area contributed by atoms with Crippen molar-refractivity contribution in [3.8, 4) is 5.75 Å². The molecule has 0 radical (unpaired) electrons. The molecular weight excluding hydrogens is 312 g/mol. The van der Waals surface area contributed by atoms with Crippen LogP contribution in [0.2, 0.25) is 5.02 Å². The number of aromatic hydroxyl groups is 1. The van der Waals surface area contributed by atoms with E-state index in [1.807, 2.05) is 13.0 Å². The van der Waals surface area contributed by atoms with E-state index in [1.54, 1.807) is 12.1 Å². The fourth-order valence-electron chi connectivity index (χ4n) is 0.632. The molecule has 1 aromatic carbocycles. The molecule has 0 aliphatic carbocycles. The third kappa shape index (κ3) is 15.6. The first-order chi connectivity index (χ1) is 8.76. The number of hydrogen-bond donors (Lipinski definition) is 1. The van der Waals surface area contributed by atoms with E-state index in [0.717, 1.165) is 5.56 Å². The second-order valence-corrected chi connectivity index (χ2v) is 3.74. The Hall–Kier alpha value is -0.490. The summed E-state index contributed by atoms with van der Waals surface area (Å²) in [6.45, 7) is 4.92. The molecule has 0 bridgehead atoms. The van der Waals surface area contributed by atoms with Crippen LogP contribution in [0, 0.1) is 6.92 Å². The summed E-state index contributed by atoms with van der Waals surface area (Å²) in [5.74, 6) is -1.84. The maximum atomic E-state index is 9.26. The second-order valence-electron chi connectivity index (χ2n) is 3.36. The number of rotatable bonds is 2. The van der Waals surface area contributed by atoms with Crippen molar-refractivity contribution >= 4 is 61.3 Å². The molecule has 0 unspecified atom stereocenters. The van der Waals surface area contributed by atoms with E-state index in [4.69, 9.17) is 16.7 Å². The molecule has 1 aromatic rings. The molecule has 20 heavy (non-hydrogen) atoms. The van der Waals surface area contributed by atoms with Gasteiger partial charge < -0.3 is 24.9 Å². The average Bonchev–Trinajstić information content (AvgIpc) is 2.37. The van der Waals surface area contributed by atoms with E-state index in [-0.39, 0.29) is 56.3 Å². The number of halogens is 1. The Kier molecular flexibility index (Phi) is 18.3. The molecule has 0 atom stereocenters. The maximum absolute atomic E-state index is 9.26. The Labute approximate surface area is 153 Å². The van der Waals surface area contributed by atoms with Crippen molar-refractivity contribution < 1.29 is 24.9 Å². The molecule has 0 heterocycles. The van der Waals surface area contributed by atoms with Gasteiger partial charge in [-0.05, 0) is 31.4 Å². The van der Waals surface area contributed by atoms with Gasteiger partial charge in [-0.15, -0.1) is 0 Å². The van der Waals surface area contributed by atoms with Gasteiger partial charge in [-0.1, -0.05) is 37.6 Å². The Morgan fingerprint density at radius 3 is 1.70 bits per heavy atom. The van der Waals surface area contributed by atoms with Crippen LogP contribution >= 0.6 is 11.6 Å². The van der Waals surface area contributed by atoms with Crippen LogP contribution in [0.25, 0.3) is 0 Å². The number of benzene rings is 1.